The lowest BCUT2D eigenvalue weighted by Gasteiger charge is -1.98. The largest absolute Gasteiger partial charge is 0.224 e. The Balaban J connectivity index is 5.10. The van der Waals surface area contributed by atoms with Crippen LogP contribution in [0.3, 0.4) is 0 Å². The number of nitrogens with zero attached hydrogens (tertiary/aromatic N) is 1. The standard InChI is InChI=1S/C8H9NO2S/c1-4-5-8(6-9)7(2)12(3,10)11/h4-5H,1-2H2,3H3/b8-5-. The van der Waals surface area contributed by atoms with Gasteiger partial charge in [-0.25, -0.2) is 8.42 Å². The van der Waals surface area contributed by atoms with Gasteiger partial charge in [-0.2, -0.15) is 5.26 Å². The molecule has 12 heavy (non-hydrogen) atoms. The summed E-state index contributed by atoms with van der Waals surface area (Å²) in [5.74, 6) is 0. The van der Waals surface area contributed by atoms with Crippen molar-refractivity contribution in [2.75, 3.05) is 6.26 Å². The van der Waals surface area contributed by atoms with Gasteiger partial charge in [0.1, 0.15) is 6.07 Å². The first-order chi connectivity index (χ1) is 5.43. The number of rotatable bonds is 3. The smallest absolute Gasteiger partial charge is 0.176 e. The van der Waals surface area contributed by atoms with E-state index in [0.717, 1.165) is 6.26 Å². The molecule has 0 atom stereocenters. The molecule has 0 aliphatic heterocycles. The second-order valence-corrected chi connectivity index (χ2v) is 4.16. The van der Waals surface area contributed by atoms with Crippen molar-refractivity contribution in [2.24, 2.45) is 0 Å². The summed E-state index contributed by atoms with van der Waals surface area (Å²) < 4.78 is 21.8. The number of sulfone groups is 1. The first-order valence-electron chi connectivity index (χ1n) is 3.05. The summed E-state index contributed by atoms with van der Waals surface area (Å²) in [5.41, 5.74) is 0.0208. The van der Waals surface area contributed by atoms with Crippen molar-refractivity contribution < 1.29 is 8.42 Å². The second kappa shape index (κ2) is 3.88. The van der Waals surface area contributed by atoms with Gasteiger partial charge in [-0.1, -0.05) is 19.2 Å². The maximum absolute atomic E-state index is 10.9. The molecule has 0 aromatic carbocycles. The van der Waals surface area contributed by atoms with Gasteiger partial charge in [0, 0.05) is 6.26 Å². The number of allylic oxidation sites excluding steroid dienone is 3. The average molecular weight is 183 g/mol. The van der Waals surface area contributed by atoms with Crippen molar-refractivity contribution in [1.29, 1.82) is 5.26 Å². The molecule has 0 radical (unpaired) electrons. The number of nitriles is 1. The molecule has 0 saturated heterocycles. The Bertz CT molecular complexity index is 368. The monoisotopic (exact) mass is 183 g/mol. The quantitative estimate of drug-likeness (QED) is 0.487. The minimum absolute atomic E-state index is 0.0208. The van der Waals surface area contributed by atoms with Gasteiger partial charge in [0.2, 0.25) is 0 Å². The molecular formula is C8H9NO2S. The van der Waals surface area contributed by atoms with Gasteiger partial charge in [-0.15, -0.1) is 0 Å². The highest BCUT2D eigenvalue weighted by molar-refractivity contribution is 7.94. The SMILES string of the molecule is C=C/C=C(/C#N)C(=C)S(C)(=O)=O. The molecule has 0 aliphatic rings. The van der Waals surface area contributed by atoms with Crippen molar-refractivity contribution in [3.8, 4) is 6.07 Å². The van der Waals surface area contributed by atoms with Crippen LogP contribution in [-0.4, -0.2) is 14.7 Å². The van der Waals surface area contributed by atoms with Crippen molar-refractivity contribution in [3.63, 3.8) is 0 Å². The molecule has 0 aliphatic carbocycles. The summed E-state index contributed by atoms with van der Waals surface area (Å²) in [7, 11) is -3.37. The highest BCUT2D eigenvalue weighted by Gasteiger charge is 2.12. The lowest BCUT2D eigenvalue weighted by atomic mass is 10.3. The highest BCUT2D eigenvalue weighted by Crippen LogP contribution is 2.12. The molecule has 64 valence electrons. The summed E-state index contributed by atoms with van der Waals surface area (Å²) in [6, 6.07) is 1.72. The maximum atomic E-state index is 10.9. The van der Waals surface area contributed by atoms with E-state index in [1.807, 2.05) is 0 Å². The molecule has 0 aromatic rings. The highest BCUT2D eigenvalue weighted by atomic mass is 32.2. The summed E-state index contributed by atoms with van der Waals surface area (Å²) in [6.07, 6.45) is 3.65. The Labute approximate surface area is 72.2 Å². The fraction of sp³-hybridized carbons (Fsp3) is 0.125. The van der Waals surface area contributed by atoms with Gasteiger partial charge in [-0.05, 0) is 6.08 Å². The Morgan fingerprint density at radius 2 is 2.08 bits per heavy atom. The molecule has 0 fully saturated rings. The third kappa shape index (κ3) is 2.72. The normalized spacial score (nSPS) is 11.8. The van der Waals surface area contributed by atoms with E-state index in [1.165, 1.54) is 12.2 Å². The van der Waals surface area contributed by atoms with E-state index < -0.39 is 9.84 Å². The van der Waals surface area contributed by atoms with Crippen LogP contribution in [0.4, 0.5) is 0 Å². The summed E-state index contributed by atoms with van der Waals surface area (Å²) in [6.45, 7) is 6.64. The van der Waals surface area contributed by atoms with E-state index in [0.29, 0.717) is 0 Å². The minimum Gasteiger partial charge on any atom is -0.224 e. The van der Waals surface area contributed by atoms with Crippen LogP contribution in [0.5, 0.6) is 0 Å². The van der Waals surface area contributed by atoms with E-state index in [2.05, 4.69) is 13.2 Å². The zero-order valence-corrected chi connectivity index (χ0v) is 7.56. The van der Waals surface area contributed by atoms with E-state index in [1.54, 1.807) is 6.07 Å². The van der Waals surface area contributed by atoms with Crippen LogP contribution in [0.25, 0.3) is 0 Å². The van der Waals surface area contributed by atoms with Crippen LogP contribution in [0, 0.1) is 11.3 Å². The van der Waals surface area contributed by atoms with Crippen LogP contribution in [-0.2, 0) is 9.84 Å². The van der Waals surface area contributed by atoms with Crippen molar-refractivity contribution in [1.82, 2.24) is 0 Å². The van der Waals surface area contributed by atoms with E-state index >= 15 is 0 Å². The molecule has 0 unspecified atom stereocenters. The Morgan fingerprint density at radius 1 is 1.58 bits per heavy atom. The third-order valence-electron chi connectivity index (χ3n) is 1.15. The van der Waals surface area contributed by atoms with E-state index in [-0.39, 0.29) is 10.5 Å². The zero-order chi connectivity index (χ0) is 9.78. The zero-order valence-electron chi connectivity index (χ0n) is 6.74. The van der Waals surface area contributed by atoms with E-state index in [4.69, 9.17) is 5.26 Å². The summed E-state index contributed by atoms with van der Waals surface area (Å²) in [5, 5.41) is 8.50. The fourth-order valence-corrected chi connectivity index (χ4v) is 1.02. The van der Waals surface area contributed by atoms with Gasteiger partial charge >= 0.3 is 0 Å². The fourth-order valence-electron chi connectivity index (χ4n) is 0.510. The lowest BCUT2D eigenvalue weighted by molar-refractivity contribution is 0.608. The van der Waals surface area contributed by atoms with Crippen molar-refractivity contribution in [3.05, 3.63) is 35.8 Å². The lowest BCUT2D eigenvalue weighted by Crippen LogP contribution is -2.01. The average Bonchev–Trinajstić information content (AvgIpc) is 1.97. The Hall–Kier alpha value is -1.34. The van der Waals surface area contributed by atoms with E-state index in [9.17, 15) is 8.42 Å². The molecule has 0 aromatic heterocycles. The second-order valence-electron chi connectivity index (χ2n) is 2.12. The van der Waals surface area contributed by atoms with Crippen LogP contribution in [0.2, 0.25) is 0 Å². The van der Waals surface area contributed by atoms with Gasteiger partial charge in [0.05, 0.1) is 10.5 Å². The van der Waals surface area contributed by atoms with Crippen LogP contribution in [0.15, 0.2) is 35.8 Å². The van der Waals surface area contributed by atoms with Gasteiger partial charge < -0.3 is 0 Å². The number of hydrogen-bond donors (Lipinski definition) is 0. The predicted octanol–water partition coefficient (Wildman–Crippen LogP) is 1.18. The third-order valence-corrected chi connectivity index (χ3v) is 2.27. The molecule has 0 spiro atoms. The van der Waals surface area contributed by atoms with Crippen LogP contribution in [0.1, 0.15) is 0 Å². The van der Waals surface area contributed by atoms with Crippen molar-refractivity contribution in [2.45, 2.75) is 0 Å². The minimum atomic E-state index is -3.37. The van der Waals surface area contributed by atoms with Gasteiger partial charge in [-0.3, -0.25) is 0 Å². The molecule has 3 nitrogen and oxygen atoms in total. The van der Waals surface area contributed by atoms with Gasteiger partial charge in [0.25, 0.3) is 0 Å². The molecule has 0 saturated carbocycles. The summed E-state index contributed by atoms with van der Waals surface area (Å²) in [4.78, 5) is -0.176. The summed E-state index contributed by atoms with van der Waals surface area (Å²) >= 11 is 0. The van der Waals surface area contributed by atoms with Gasteiger partial charge in [0.15, 0.2) is 9.84 Å². The Morgan fingerprint density at radius 3 is 2.33 bits per heavy atom. The molecule has 0 N–H and O–H groups in total. The van der Waals surface area contributed by atoms with Crippen molar-refractivity contribution >= 4 is 9.84 Å². The van der Waals surface area contributed by atoms with Crippen LogP contribution >= 0.6 is 0 Å². The van der Waals surface area contributed by atoms with Crippen LogP contribution < -0.4 is 0 Å². The molecule has 0 bridgehead atoms. The topological polar surface area (TPSA) is 57.9 Å². The molecular weight excluding hydrogens is 174 g/mol. The Kier molecular flexibility index (Phi) is 3.45. The first-order valence-corrected chi connectivity index (χ1v) is 4.94. The molecule has 4 heteroatoms. The maximum Gasteiger partial charge on any atom is 0.176 e. The molecule has 0 amide bonds. The molecule has 0 heterocycles. The molecule has 0 rings (SSSR count). The predicted molar refractivity (Wildman–Crippen MR) is 47.9 cm³/mol. The number of hydrogen-bond acceptors (Lipinski definition) is 3. The first kappa shape index (κ1) is 10.7.